The summed E-state index contributed by atoms with van der Waals surface area (Å²) in [6, 6.07) is -0.0859. The molecule has 26 heavy (non-hydrogen) atoms. The Balaban J connectivity index is 1.96. The molecule has 0 saturated heterocycles. The van der Waals surface area contributed by atoms with E-state index in [0.717, 1.165) is 35.0 Å². The third-order valence-electron chi connectivity index (χ3n) is 5.09. The van der Waals surface area contributed by atoms with Gasteiger partial charge in [0.25, 0.3) is 0 Å². The Bertz CT molecular complexity index is 976. The summed E-state index contributed by atoms with van der Waals surface area (Å²) in [5.74, 6) is 0.589. The Kier molecular flexibility index (Phi) is 4.08. The van der Waals surface area contributed by atoms with Gasteiger partial charge in [0.1, 0.15) is 11.8 Å². The van der Waals surface area contributed by atoms with Gasteiger partial charge in [-0.2, -0.15) is 0 Å². The summed E-state index contributed by atoms with van der Waals surface area (Å²) in [5, 5.41) is 13.7. The normalized spacial score (nSPS) is 17.4. The molecule has 4 rings (SSSR count). The Morgan fingerprint density at radius 1 is 1.31 bits per heavy atom. The van der Waals surface area contributed by atoms with E-state index in [1.807, 2.05) is 13.8 Å². The fourth-order valence-electron chi connectivity index (χ4n) is 3.54. The third kappa shape index (κ3) is 2.71. The van der Waals surface area contributed by atoms with E-state index < -0.39 is 0 Å². The molecule has 0 aromatic carbocycles. The van der Waals surface area contributed by atoms with Gasteiger partial charge in [0.2, 0.25) is 5.71 Å². The van der Waals surface area contributed by atoms with Crippen molar-refractivity contribution in [2.75, 3.05) is 11.9 Å². The lowest BCUT2D eigenvalue weighted by molar-refractivity contribution is -0.0400. The number of aromatic nitrogens is 3. The van der Waals surface area contributed by atoms with Crippen LogP contribution in [0.4, 0.5) is 5.82 Å². The molecule has 4 heterocycles. The van der Waals surface area contributed by atoms with E-state index >= 15 is 0 Å². The smallest absolute Gasteiger partial charge is 0.229 e. The molecular weight excluding hydrogens is 332 g/mol. The van der Waals surface area contributed by atoms with Crippen molar-refractivity contribution >= 4 is 28.0 Å². The van der Waals surface area contributed by atoms with Gasteiger partial charge in [0.15, 0.2) is 11.4 Å². The monoisotopic (exact) mass is 356 g/mol. The first-order valence-corrected chi connectivity index (χ1v) is 9.00. The number of aliphatic hydroxyl groups excluding tert-OH is 1. The highest BCUT2D eigenvalue weighted by molar-refractivity contribution is 6.06. The molecular formula is C19H24N4O3. The second-order valence-electron chi connectivity index (χ2n) is 7.49. The standard InChI is InChI=1S/C19H24N4O3/c1-5-11(7-24)23-17-16-15(20-9-21-17)14-12-6-19(3,4)25-8-13(12)10(2)22-18(14)26-16/h9,11,24H,5-8H2,1-4H3,(H,20,21,23)/t11-/m1/s1. The van der Waals surface area contributed by atoms with Crippen molar-refractivity contribution < 1.29 is 14.3 Å². The van der Waals surface area contributed by atoms with E-state index in [2.05, 4.69) is 34.1 Å². The van der Waals surface area contributed by atoms with Gasteiger partial charge in [-0.3, -0.25) is 0 Å². The zero-order chi connectivity index (χ0) is 18.5. The van der Waals surface area contributed by atoms with Crippen molar-refractivity contribution in [1.29, 1.82) is 0 Å². The third-order valence-corrected chi connectivity index (χ3v) is 5.09. The molecule has 0 saturated carbocycles. The van der Waals surface area contributed by atoms with Gasteiger partial charge < -0.3 is 19.6 Å². The van der Waals surface area contributed by atoms with Crippen LogP contribution in [-0.4, -0.2) is 38.3 Å². The van der Waals surface area contributed by atoms with Crippen molar-refractivity contribution in [2.24, 2.45) is 0 Å². The van der Waals surface area contributed by atoms with E-state index in [-0.39, 0.29) is 18.2 Å². The topological polar surface area (TPSA) is 93.3 Å². The number of rotatable bonds is 4. The van der Waals surface area contributed by atoms with E-state index in [1.54, 1.807) is 0 Å². The average Bonchev–Trinajstić information content (AvgIpc) is 2.97. The minimum atomic E-state index is -0.240. The fraction of sp³-hybridized carbons (Fsp3) is 0.526. The number of hydrogen-bond acceptors (Lipinski definition) is 7. The van der Waals surface area contributed by atoms with Crippen molar-refractivity contribution in [3.05, 3.63) is 23.1 Å². The maximum atomic E-state index is 9.49. The summed E-state index contributed by atoms with van der Waals surface area (Å²) >= 11 is 0. The molecule has 0 aliphatic carbocycles. The Morgan fingerprint density at radius 3 is 2.85 bits per heavy atom. The van der Waals surface area contributed by atoms with Gasteiger partial charge in [-0.25, -0.2) is 15.0 Å². The maximum Gasteiger partial charge on any atom is 0.229 e. The second kappa shape index (κ2) is 6.17. The minimum Gasteiger partial charge on any atom is -0.432 e. The summed E-state index contributed by atoms with van der Waals surface area (Å²) < 4.78 is 12.0. The molecule has 3 aromatic heterocycles. The molecule has 1 aliphatic heterocycles. The molecule has 1 aliphatic rings. The maximum absolute atomic E-state index is 9.49. The molecule has 1 atom stereocenters. The molecule has 0 amide bonds. The molecule has 0 unspecified atom stereocenters. The molecule has 7 heteroatoms. The summed E-state index contributed by atoms with van der Waals surface area (Å²) in [4.78, 5) is 13.5. The van der Waals surface area contributed by atoms with Crippen molar-refractivity contribution in [3.8, 4) is 0 Å². The van der Waals surface area contributed by atoms with Gasteiger partial charge in [-0.05, 0) is 32.8 Å². The highest BCUT2D eigenvalue weighted by atomic mass is 16.5. The number of pyridine rings is 1. The van der Waals surface area contributed by atoms with Crippen LogP contribution in [0.3, 0.4) is 0 Å². The SMILES string of the molecule is CC[C@H](CO)Nc1ncnc2c1oc1nc(C)c3c(c12)CC(C)(C)OC3. The van der Waals surface area contributed by atoms with Crippen LogP contribution in [0.25, 0.3) is 22.2 Å². The molecule has 0 fully saturated rings. The Hall–Kier alpha value is -2.25. The molecule has 0 radical (unpaired) electrons. The van der Waals surface area contributed by atoms with Gasteiger partial charge in [-0.15, -0.1) is 0 Å². The lowest BCUT2D eigenvalue weighted by Gasteiger charge is -2.32. The lowest BCUT2D eigenvalue weighted by atomic mass is 9.89. The summed E-state index contributed by atoms with van der Waals surface area (Å²) in [6.07, 6.45) is 3.08. The summed E-state index contributed by atoms with van der Waals surface area (Å²) in [6.45, 7) is 8.75. The van der Waals surface area contributed by atoms with Crippen molar-refractivity contribution in [1.82, 2.24) is 15.0 Å². The van der Waals surface area contributed by atoms with Crippen LogP contribution < -0.4 is 5.32 Å². The quantitative estimate of drug-likeness (QED) is 0.742. The predicted octanol–water partition coefficient (Wildman–Crippen LogP) is 3.11. The van der Waals surface area contributed by atoms with E-state index in [0.29, 0.717) is 23.7 Å². The number of aliphatic hydroxyl groups is 1. The number of anilines is 1. The minimum absolute atomic E-state index is 0.0283. The highest BCUT2D eigenvalue weighted by Crippen LogP contribution is 2.39. The van der Waals surface area contributed by atoms with Crippen LogP contribution >= 0.6 is 0 Å². The first-order valence-electron chi connectivity index (χ1n) is 9.00. The average molecular weight is 356 g/mol. The lowest BCUT2D eigenvalue weighted by Crippen LogP contribution is -2.32. The zero-order valence-electron chi connectivity index (χ0n) is 15.6. The number of ether oxygens (including phenoxy) is 1. The van der Waals surface area contributed by atoms with Crippen LogP contribution in [-0.2, 0) is 17.8 Å². The van der Waals surface area contributed by atoms with E-state index in [4.69, 9.17) is 9.15 Å². The molecule has 2 N–H and O–H groups in total. The predicted molar refractivity (Wildman–Crippen MR) is 99.2 cm³/mol. The van der Waals surface area contributed by atoms with Crippen molar-refractivity contribution in [2.45, 2.75) is 58.8 Å². The highest BCUT2D eigenvalue weighted by Gasteiger charge is 2.31. The zero-order valence-corrected chi connectivity index (χ0v) is 15.6. The molecule has 0 bridgehead atoms. The number of furan rings is 1. The van der Waals surface area contributed by atoms with E-state index in [9.17, 15) is 5.11 Å². The van der Waals surface area contributed by atoms with Gasteiger partial charge in [0, 0.05) is 17.7 Å². The van der Waals surface area contributed by atoms with Crippen LogP contribution in [0.2, 0.25) is 0 Å². The number of nitrogens with one attached hydrogen (secondary N) is 1. The van der Waals surface area contributed by atoms with Crippen LogP contribution in [0.5, 0.6) is 0 Å². The summed E-state index contributed by atoms with van der Waals surface area (Å²) in [5.41, 5.74) is 4.91. The number of fused-ring (bicyclic) bond motifs is 5. The first kappa shape index (κ1) is 17.2. The Labute approximate surface area is 151 Å². The molecule has 138 valence electrons. The van der Waals surface area contributed by atoms with Gasteiger partial charge >= 0.3 is 0 Å². The van der Waals surface area contributed by atoms with Gasteiger partial charge in [0.05, 0.1) is 30.2 Å². The molecule has 3 aromatic rings. The second-order valence-corrected chi connectivity index (χ2v) is 7.49. The Morgan fingerprint density at radius 2 is 2.12 bits per heavy atom. The number of hydrogen-bond donors (Lipinski definition) is 2. The molecule has 7 nitrogen and oxygen atoms in total. The van der Waals surface area contributed by atoms with Crippen LogP contribution in [0.15, 0.2) is 10.7 Å². The van der Waals surface area contributed by atoms with Crippen LogP contribution in [0, 0.1) is 6.92 Å². The largest absolute Gasteiger partial charge is 0.432 e. The van der Waals surface area contributed by atoms with Gasteiger partial charge in [-0.1, -0.05) is 6.92 Å². The van der Waals surface area contributed by atoms with Crippen LogP contribution in [0.1, 0.15) is 44.0 Å². The van der Waals surface area contributed by atoms with E-state index in [1.165, 1.54) is 11.9 Å². The summed E-state index contributed by atoms with van der Waals surface area (Å²) in [7, 11) is 0. The number of aryl methyl sites for hydroxylation is 1. The fourth-order valence-corrected chi connectivity index (χ4v) is 3.54. The molecule has 0 spiro atoms. The number of nitrogens with zero attached hydrogens (tertiary/aromatic N) is 3. The first-order chi connectivity index (χ1) is 12.4. The van der Waals surface area contributed by atoms with Crippen molar-refractivity contribution in [3.63, 3.8) is 0 Å².